The Hall–Kier alpha value is -1.85. The zero-order valence-electron chi connectivity index (χ0n) is 9.67. The topological polar surface area (TPSA) is 50.2 Å². The number of esters is 1. The van der Waals surface area contributed by atoms with Crippen LogP contribution in [-0.4, -0.2) is 11.7 Å². The van der Waals surface area contributed by atoms with E-state index in [1.165, 1.54) is 19.1 Å². The second kappa shape index (κ2) is 5.66. The van der Waals surface area contributed by atoms with Gasteiger partial charge in [0, 0.05) is 5.71 Å². The monoisotopic (exact) mass is 259 g/mol. The molecule has 0 atom stereocenters. The zero-order chi connectivity index (χ0) is 13.8. The summed E-state index contributed by atoms with van der Waals surface area (Å²) in [4.78, 5) is 11.1. The first-order chi connectivity index (χ1) is 8.29. The second-order valence-electron chi connectivity index (χ2n) is 3.81. The maximum absolute atomic E-state index is 12.3. The molecule has 1 rings (SSSR count). The van der Waals surface area contributed by atoms with E-state index in [1.54, 1.807) is 0 Å². The third-order valence-electron chi connectivity index (χ3n) is 2.09. The predicted molar refractivity (Wildman–Crippen MR) is 59.3 cm³/mol. The Bertz CT molecular complexity index is 438. The summed E-state index contributed by atoms with van der Waals surface area (Å²) in [5.74, 6) is -0.567. The normalized spacial score (nSPS) is 11.1. The van der Waals surface area contributed by atoms with Crippen LogP contribution in [0, 0.1) is 5.41 Å². The van der Waals surface area contributed by atoms with Gasteiger partial charge in [0.25, 0.3) is 0 Å². The Labute approximate surface area is 102 Å². The Balaban J connectivity index is 2.54. The fraction of sp³-hybridized carbons (Fsp3) is 0.333. The van der Waals surface area contributed by atoms with E-state index < -0.39 is 17.7 Å². The molecule has 0 unspecified atom stereocenters. The van der Waals surface area contributed by atoms with Crippen molar-refractivity contribution in [1.82, 2.24) is 0 Å². The number of nitrogens with one attached hydrogen (secondary N) is 1. The van der Waals surface area contributed by atoms with Crippen LogP contribution < -0.4 is 0 Å². The van der Waals surface area contributed by atoms with Gasteiger partial charge >= 0.3 is 12.1 Å². The van der Waals surface area contributed by atoms with E-state index in [4.69, 9.17) is 10.1 Å². The molecule has 0 radical (unpaired) electrons. The summed E-state index contributed by atoms with van der Waals surface area (Å²) < 4.78 is 41.6. The average Bonchev–Trinajstić information content (AvgIpc) is 2.25. The summed E-state index contributed by atoms with van der Waals surface area (Å²) in [6.45, 7) is 1.38. The number of halogens is 3. The highest BCUT2D eigenvalue weighted by atomic mass is 19.4. The van der Waals surface area contributed by atoms with Gasteiger partial charge in [-0.3, -0.25) is 4.79 Å². The average molecular weight is 259 g/mol. The molecule has 1 aromatic rings. The van der Waals surface area contributed by atoms with Crippen molar-refractivity contribution in [2.45, 2.75) is 26.1 Å². The molecular formula is C12H12F3NO2. The fourth-order valence-electron chi connectivity index (χ4n) is 1.22. The lowest BCUT2D eigenvalue weighted by molar-refractivity contribution is -0.143. The summed E-state index contributed by atoms with van der Waals surface area (Å²) in [5, 5.41) is 7.08. The van der Waals surface area contributed by atoms with Gasteiger partial charge in [-0.1, -0.05) is 12.1 Å². The second-order valence-corrected chi connectivity index (χ2v) is 3.81. The quantitative estimate of drug-likeness (QED) is 0.667. The predicted octanol–water partition coefficient (Wildman–Crippen LogP) is 3.18. The lowest BCUT2D eigenvalue weighted by atomic mass is 10.1. The largest absolute Gasteiger partial charge is 0.461 e. The van der Waals surface area contributed by atoms with Crippen LogP contribution in [0.3, 0.4) is 0 Å². The van der Waals surface area contributed by atoms with Gasteiger partial charge in [0.05, 0.1) is 12.0 Å². The minimum absolute atomic E-state index is 0.0930. The van der Waals surface area contributed by atoms with Crippen molar-refractivity contribution in [3.8, 4) is 0 Å². The molecule has 0 aliphatic rings. The number of rotatable bonds is 4. The van der Waals surface area contributed by atoms with Gasteiger partial charge in [-0.05, 0) is 24.6 Å². The standard InChI is InChI=1S/C12H12F3NO2/c1-8(16)6-11(17)18-7-9-2-4-10(5-3-9)12(13,14)15/h2-5,16H,6-7H2,1H3. The van der Waals surface area contributed by atoms with E-state index in [1.807, 2.05) is 0 Å². The highest BCUT2D eigenvalue weighted by Crippen LogP contribution is 2.29. The van der Waals surface area contributed by atoms with Gasteiger partial charge in [-0.25, -0.2) is 0 Å². The molecule has 0 saturated carbocycles. The first-order valence-corrected chi connectivity index (χ1v) is 5.15. The molecule has 0 amide bonds. The molecule has 1 N–H and O–H groups in total. The molecule has 3 nitrogen and oxygen atoms in total. The van der Waals surface area contributed by atoms with Crippen molar-refractivity contribution in [3.63, 3.8) is 0 Å². The van der Waals surface area contributed by atoms with Crippen molar-refractivity contribution in [3.05, 3.63) is 35.4 Å². The van der Waals surface area contributed by atoms with Crippen LogP contribution in [0.5, 0.6) is 0 Å². The maximum Gasteiger partial charge on any atom is 0.416 e. The Morgan fingerprint density at radius 2 is 1.83 bits per heavy atom. The molecule has 0 bridgehead atoms. The number of carbonyl (C=O) groups is 1. The van der Waals surface area contributed by atoms with Gasteiger partial charge in [0.15, 0.2) is 0 Å². The maximum atomic E-state index is 12.3. The van der Waals surface area contributed by atoms with E-state index in [0.717, 1.165) is 12.1 Å². The number of hydrogen-bond acceptors (Lipinski definition) is 3. The zero-order valence-corrected chi connectivity index (χ0v) is 9.67. The summed E-state index contributed by atoms with van der Waals surface area (Å²) in [6.07, 6.45) is -4.48. The molecule has 0 saturated heterocycles. The Kier molecular flexibility index (Phi) is 4.47. The highest BCUT2D eigenvalue weighted by molar-refractivity contribution is 5.95. The van der Waals surface area contributed by atoms with Gasteiger partial charge in [-0.2, -0.15) is 13.2 Å². The molecule has 0 aliphatic carbocycles. The molecule has 1 aromatic carbocycles. The third-order valence-corrected chi connectivity index (χ3v) is 2.09. The summed E-state index contributed by atoms with van der Waals surface area (Å²) in [5.41, 5.74) is -0.0979. The van der Waals surface area contributed by atoms with Crippen molar-refractivity contribution in [1.29, 1.82) is 5.41 Å². The lowest BCUT2D eigenvalue weighted by Crippen LogP contribution is -2.09. The molecule has 0 fully saturated rings. The summed E-state index contributed by atoms with van der Waals surface area (Å²) in [6, 6.07) is 4.39. The van der Waals surface area contributed by atoms with Crippen LogP contribution in [-0.2, 0) is 22.3 Å². The molecule has 0 heterocycles. The Morgan fingerprint density at radius 3 is 2.28 bits per heavy atom. The lowest BCUT2D eigenvalue weighted by Gasteiger charge is -2.08. The van der Waals surface area contributed by atoms with E-state index >= 15 is 0 Å². The van der Waals surface area contributed by atoms with Crippen molar-refractivity contribution in [2.24, 2.45) is 0 Å². The minimum Gasteiger partial charge on any atom is -0.461 e. The van der Waals surface area contributed by atoms with E-state index in [0.29, 0.717) is 5.56 Å². The molecule has 0 aliphatic heterocycles. The smallest absolute Gasteiger partial charge is 0.416 e. The van der Waals surface area contributed by atoms with Gasteiger partial charge in [0.2, 0.25) is 0 Å². The van der Waals surface area contributed by atoms with Gasteiger partial charge in [-0.15, -0.1) is 0 Å². The fourth-order valence-corrected chi connectivity index (χ4v) is 1.22. The number of hydrogen-bond donors (Lipinski definition) is 1. The number of ether oxygens (including phenoxy) is 1. The Morgan fingerprint density at radius 1 is 1.28 bits per heavy atom. The first kappa shape index (κ1) is 14.2. The number of alkyl halides is 3. The molecule has 6 heteroatoms. The molecular weight excluding hydrogens is 247 g/mol. The third kappa shape index (κ3) is 4.57. The van der Waals surface area contributed by atoms with Crippen LogP contribution in [0.25, 0.3) is 0 Å². The molecule has 0 aromatic heterocycles. The SMILES string of the molecule is CC(=N)CC(=O)OCc1ccc(C(F)(F)F)cc1. The van der Waals surface area contributed by atoms with Crippen LogP contribution in [0.1, 0.15) is 24.5 Å². The van der Waals surface area contributed by atoms with Crippen LogP contribution in [0.2, 0.25) is 0 Å². The van der Waals surface area contributed by atoms with Crippen LogP contribution >= 0.6 is 0 Å². The molecule has 18 heavy (non-hydrogen) atoms. The van der Waals surface area contributed by atoms with E-state index in [-0.39, 0.29) is 18.7 Å². The summed E-state index contributed by atoms with van der Waals surface area (Å²) >= 11 is 0. The van der Waals surface area contributed by atoms with Crippen LogP contribution in [0.15, 0.2) is 24.3 Å². The van der Waals surface area contributed by atoms with E-state index in [2.05, 4.69) is 0 Å². The molecule has 98 valence electrons. The molecule has 0 spiro atoms. The van der Waals surface area contributed by atoms with Gasteiger partial charge in [0.1, 0.15) is 6.61 Å². The van der Waals surface area contributed by atoms with Gasteiger partial charge < -0.3 is 10.1 Å². The number of benzene rings is 1. The van der Waals surface area contributed by atoms with Crippen molar-refractivity contribution in [2.75, 3.05) is 0 Å². The van der Waals surface area contributed by atoms with Crippen molar-refractivity contribution >= 4 is 11.7 Å². The summed E-state index contributed by atoms with van der Waals surface area (Å²) in [7, 11) is 0. The number of carbonyl (C=O) groups excluding carboxylic acids is 1. The van der Waals surface area contributed by atoms with Crippen molar-refractivity contribution < 1.29 is 22.7 Å². The minimum atomic E-state index is -4.37. The first-order valence-electron chi connectivity index (χ1n) is 5.15. The highest BCUT2D eigenvalue weighted by Gasteiger charge is 2.29. The van der Waals surface area contributed by atoms with Crippen LogP contribution in [0.4, 0.5) is 13.2 Å². The van der Waals surface area contributed by atoms with E-state index in [9.17, 15) is 18.0 Å².